The molecule has 0 aromatic carbocycles. The Morgan fingerprint density at radius 3 is 2.50 bits per heavy atom. The summed E-state index contributed by atoms with van der Waals surface area (Å²) in [5.74, 6) is -0.126. The Balaban J connectivity index is 1.71. The summed E-state index contributed by atoms with van der Waals surface area (Å²) < 4.78 is 0. The normalized spacial score (nSPS) is 30.7. The summed E-state index contributed by atoms with van der Waals surface area (Å²) in [6.07, 6.45) is 5.57. The fourth-order valence-corrected chi connectivity index (χ4v) is 2.95. The number of hydrogen-bond donors (Lipinski definition) is 2. The zero-order valence-electron chi connectivity index (χ0n) is 11.9. The van der Waals surface area contributed by atoms with E-state index in [-0.39, 0.29) is 24.1 Å². The lowest BCUT2D eigenvalue weighted by molar-refractivity contribution is -0.138. The first-order chi connectivity index (χ1) is 9.47. The Morgan fingerprint density at radius 1 is 1.30 bits per heavy atom. The Kier molecular flexibility index (Phi) is 4.75. The van der Waals surface area contributed by atoms with Gasteiger partial charge in [-0.3, -0.25) is 19.3 Å². The Bertz CT molecular complexity index is 402. The van der Waals surface area contributed by atoms with Crippen molar-refractivity contribution in [2.45, 2.75) is 57.0 Å². The number of hydrogen-bond acceptors (Lipinski definition) is 4. The lowest BCUT2D eigenvalue weighted by Gasteiger charge is -2.25. The number of carbonyl (C=O) groups excluding carboxylic acids is 3. The maximum Gasteiger partial charge on any atom is 0.252 e. The third-order valence-corrected chi connectivity index (χ3v) is 4.39. The van der Waals surface area contributed by atoms with E-state index in [0.717, 1.165) is 37.0 Å². The number of amides is 3. The standard InChI is InChI=1S/C14H23N3O3/c1-17-13(19)8-11(14(17)20)16-12(18)7-4-9-2-5-10(15)6-3-9/h9-11H,2-8,15H2,1H3,(H,16,18). The SMILES string of the molecule is CN1C(=O)CC(NC(=O)CCC2CCC(N)CC2)C1=O. The van der Waals surface area contributed by atoms with Gasteiger partial charge in [0.2, 0.25) is 11.8 Å². The molecule has 1 heterocycles. The summed E-state index contributed by atoms with van der Waals surface area (Å²) in [5, 5.41) is 2.66. The summed E-state index contributed by atoms with van der Waals surface area (Å²) in [5.41, 5.74) is 5.85. The van der Waals surface area contributed by atoms with E-state index in [4.69, 9.17) is 5.73 Å². The molecule has 3 amide bonds. The highest BCUT2D eigenvalue weighted by molar-refractivity contribution is 6.06. The number of nitrogens with zero attached hydrogens (tertiary/aromatic N) is 1. The lowest BCUT2D eigenvalue weighted by Crippen LogP contribution is -2.40. The molecule has 112 valence electrons. The predicted octanol–water partition coefficient (Wildman–Crippen LogP) is 0.158. The van der Waals surface area contributed by atoms with Crippen molar-refractivity contribution in [3.63, 3.8) is 0 Å². The fraction of sp³-hybridized carbons (Fsp3) is 0.786. The van der Waals surface area contributed by atoms with Gasteiger partial charge in [0.15, 0.2) is 0 Å². The van der Waals surface area contributed by atoms with Gasteiger partial charge in [0.1, 0.15) is 6.04 Å². The monoisotopic (exact) mass is 281 g/mol. The van der Waals surface area contributed by atoms with Gasteiger partial charge in [-0.2, -0.15) is 0 Å². The van der Waals surface area contributed by atoms with Crippen molar-refractivity contribution < 1.29 is 14.4 Å². The van der Waals surface area contributed by atoms with Gasteiger partial charge in [-0.25, -0.2) is 0 Å². The van der Waals surface area contributed by atoms with E-state index in [1.807, 2.05) is 0 Å². The minimum absolute atomic E-state index is 0.0827. The van der Waals surface area contributed by atoms with Crippen molar-refractivity contribution >= 4 is 17.7 Å². The molecule has 0 radical (unpaired) electrons. The zero-order chi connectivity index (χ0) is 14.7. The third kappa shape index (κ3) is 3.56. The smallest absolute Gasteiger partial charge is 0.252 e. The summed E-state index contributed by atoms with van der Waals surface area (Å²) >= 11 is 0. The van der Waals surface area contributed by atoms with Crippen LogP contribution >= 0.6 is 0 Å². The number of imide groups is 1. The van der Waals surface area contributed by atoms with Gasteiger partial charge in [0.25, 0.3) is 5.91 Å². The van der Waals surface area contributed by atoms with E-state index < -0.39 is 6.04 Å². The van der Waals surface area contributed by atoms with Gasteiger partial charge >= 0.3 is 0 Å². The molecule has 1 unspecified atom stereocenters. The van der Waals surface area contributed by atoms with Crippen molar-refractivity contribution in [1.29, 1.82) is 0 Å². The molecule has 20 heavy (non-hydrogen) atoms. The highest BCUT2D eigenvalue weighted by Gasteiger charge is 2.36. The molecule has 2 aliphatic rings. The van der Waals surface area contributed by atoms with Crippen LogP contribution in [0.1, 0.15) is 44.9 Å². The van der Waals surface area contributed by atoms with E-state index in [0.29, 0.717) is 18.4 Å². The summed E-state index contributed by atoms with van der Waals surface area (Å²) in [4.78, 5) is 35.9. The van der Waals surface area contributed by atoms with Crippen LogP contribution < -0.4 is 11.1 Å². The van der Waals surface area contributed by atoms with Crippen LogP contribution in [0.5, 0.6) is 0 Å². The van der Waals surface area contributed by atoms with Crippen LogP contribution in [0, 0.1) is 5.92 Å². The first kappa shape index (κ1) is 15.0. The Labute approximate surface area is 119 Å². The molecule has 0 aromatic rings. The van der Waals surface area contributed by atoms with Crippen molar-refractivity contribution in [2.24, 2.45) is 11.7 Å². The van der Waals surface area contributed by atoms with E-state index >= 15 is 0 Å². The maximum absolute atomic E-state index is 11.8. The lowest BCUT2D eigenvalue weighted by atomic mass is 9.84. The topological polar surface area (TPSA) is 92.5 Å². The molecular formula is C14H23N3O3. The number of likely N-dealkylation sites (tertiary alicyclic amines) is 1. The molecule has 6 heteroatoms. The molecule has 1 aliphatic heterocycles. The minimum atomic E-state index is -0.667. The number of likely N-dealkylation sites (N-methyl/N-ethyl adjacent to an activating group) is 1. The second-order valence-corrected chi connectivity index (χ2v) is 5.93. The molecule has 0 spiro atoms. The van der Waals surface area contributed by atoms with Crippen molar-refractivity contribution in [1.82, 2.24) is 10.2 Å². The Morgan fingerprint density at radius 2 is 1.95 bits per heavy atom. The summed E-state index contributed by atoms with van der Waals surface area (Å²) in [6, 6.07) is -0.350. The second-order valence-electron chi connectivity index (χ2n) is 5.93. The van der Waals surface area contributed by atoms with Crippen molar-refractivity contribution in [3.8, 4) is 0 Å². The molecule has 2 rings (SSSR count). The second kappa shape index (κ2) is 6.35. The average molecular weight is 281 g/mol. The molecule has 0 aromatic heterocycles. The van der Waals surface area contributed by atoms with Crippen LogP contribution in [0.3, 0.4) is 0 Å². The van der Waals surface area contributed by atoms with E-state index in [1.54, 1.807) is 0 Å². The summed E-state index contributed by atoms with van der Waals surface area (Å²) in [6.45, 7) is 0. The molecule has 1 saturated carbocycles. The van der Waals surface area contributed by atoms with Crippen LogP contribution in [-0.4, -0.2) is 41.8 Å². The minimum Gasteiger partial charge on any atom is -0.344 e. The summed E-state index contributed by atoms with van der Waals surface area (Å²) in [7, 11) is 1.45. The predicted molar refractivity (Wildman–Crippen MR) is 73.5 cm³/mol. The van der Waals surface area contributed by atoms with Crippen molar-refractivity contribution in [2.75, 3.05) is 7.05 Å². The molecule has 6 nitrogen and oxygen atoms in total. The highest BCUT2D eigenvalue weighted by Crippen LogP contribution is 2.26. The third-order valence-electron chi connectivity index (χ3n) is 4.39. The zero-order valence-corrected chi connectivity index (χ0v) is 11.9. The number of nitrogens with two attached hydrogens (primary N) is 1. The molecule has 3 N–H and O–H groups in total. The number of carbonyl (C=O) groups is 3. The van der Waals surface area contributed by atoms with E-state index in [1.165, 1.54) is 7.05 Å². The number of rotatable bonds is 4. The molecule has 2 fully saturated rings. The van der Waals surface area contributed by atoms with E-state index in [9.17, 15) is 14.4 Å². The van der Waals surface area contributed by atoms with Crippen LogP contribution in [-0.2, 0) is 14.4 Å². The van der Waals surface area contributed by atoms with E-state index in [2.05, 4.69) is 5.32 Å². The first-order valence-electron chi connectivity index (χ1n) is 7.32. The quantitative estimate of drug-likeness (QED) is 0.718. The average Bonchev–Trinajstić information content (AvgIpc) is 2.66. The van der Waals surface area contributed by atoms with Gasteiger partial charge < -0.3 is 11.1 Å². The van der Waals surface area contributed by atoms with Crippen molar-refractivity contribution in [3.05, 3.63) is 0 Å². The van der Waals surface area contributed by atoms with Gasteiger partial charge in [0.05, 0.1) is 6.42 Å². The molecular weight excluding hydrogens is 258 g/mol. The molecule has 0 bridgehead atoms. The largest absolute Gasteiger partial charge is 0.344 e. The maximum atomic E-state index is 11.8. The number of nitrogens with one attached hydrogen (secondary N) is 1. The highest BCUT2D eigenvalue weighted by atomic mass is 16.2. The van der Waals surface area contributed by atoms with Crippen LogP contribution in [0.4, 0.5) is 0 Å². The molecule has 1 saturated heterocycles. The first-order valence-corrected chi connectivity index (χ1v) is 7.32. The fourth-order valence-electron chi connectivity index (χ4n) is 2.95. The van der Waals surface area contributed by atoms with Crippen LogP contribution in [0.25, 0.3) is 0 Å². The Hall–Kier alpha value is -1.43. The van der Waals surface area contributed by atoms with Gasteiger partial charge in [-0.1, -0.05) is 0 Å². The molecule has 1 atom stereocenters. The van der Waals surface area contributed by atoms with Crippen LogP contribution in [0.2, 0.25) is 0 Å². The van der Waals surface area contributed by atoms with Gasteiger partial charge in [-0.15, -0.1) is 0 Å². The molecule has 1 aliphatic carbocycles. The van der Waals surface area contributed by atoms with Crippen LogP contribution in [0.15, 0.2) is 0 Å². The van der Waals surface area contributed by atoms with Gasteiger partial charge in [-0.05, 0) is 38.0 Å². The van der Waals surface area contributed by atoms with Gasteiger partial charge in [0, 0.05) is 19.5 Å².